The van der Waals surface area contributed by atoms with E-state index < -0.39 is 0 Å². The molecule has 1 aliphatic rings. The van der Waals surface area contributed by atoms with Gasteiger partial charge < -0.3 is 14.6 Å². The number of ether oxygens (including phenoxy) is 1. The Balaban J connectivity index is 1.93. The van der Waals surface area contributed by atoms with E-state index in [9.17, 15) is 4.79 Å². The van der Waals surface area contributed by atoms with Crippen LogP contribution in [0.15, 0.2) is 0 Å². The number of nitrogens with zero attached hydrogens (tertiary/aromatic N) is 2. The normalized spacial score (nSPS) is 16.9. The molecule has 0 atom stereocenters. The predicted octanol–water partition coefficient (Wildman–Crippen LogP) is 1.30. The van der Waals surface area contributed by atoms with Crippen LogP contribution in [0.1, 0.15) is 31.5 Å². The summed E-state index contributed by atoms with van der Waals surface area (Å²) in [6.45, 7) is 1.02. The van der Waals surface area contributed by atoms with E-state index in [2.05, 4.69) is 15.5 Å². The van der Waals surface area contributed by atoms with Crippen molar-refractivity contribution in [2.75, 3.05) is 13.7 Å². The summed E-state index contributed by atoms with van der Waals surface area (Å²) >= 11 is 5.03. The highest BCUT2D eigenvalue weighted by Crippen LogP contribution is 2.44. The average Bonchev–Trinajstić information content (AvgIpc) is 2.66. The minimum atomic E-state index is -0.234. The van der Waals surface area contributed by atoms with Gasteiger partial charge in [-0.05, 0) is 31.5 Å². The summed E-state index contributed by atoms with van der Waals surface area (Å²) in [6, 6.07) is 0. The van der Waals surface area contributed by atoms with Crippen molar-refractivity contribution in [1.29, 1.82) is 0 Å². The zero-order valence-electron chi connectivity index (χ0n) is 11.4. The molecule has 2 N–H and O–H groups in total. The molecule has 7 heteroatoms. The second-order valence-electron chi connectivity index (χ2n) is 5.06. The summed E-state index contributed by atoms with van der Waals surface area (Å²) in [5.41, 5.74) is -0.234. The van der Waals surface area contributed by atoms with E-state index in [1.54, 1.807) is 11.7 Å². The number of H-pyrrole nitrogens is 1. The molecule has 0 bridgehead atoms. The van der Waals surface area contributed by atoms with Crippen molar-refractivity contribution in [2.45, 2.75) is 32.2 Å². The Morgan fingerprint density at radius 3 is 2.84 bits per heavy atom. The molecule has 1 amide bonds. The number of amides is 1. The lowest BCUT2D eigenvalue weighted by atomic mass is 9.66. The third kappa shape index (κ3) is 2.87. The first-order valence-electron chi connectivity index (χ1n) is 6.46. The van der Waals surface area contributed by atoms with Crippen LogP contribution < -0.4 is 5.32 Å². The van der Waals surface area contributed by atoms with Gasteiger partial charge in [0.25, 0.3) is 0 Å². The smallest absolute Gasteiger partial charge is 0.226 e. The Labute approximate surface area is 117 Å². The highest BCUT2D eigenvalue weighted by atomic mass is 32.1. The molecule has 106 valence electrons. The molecule has 0 aliphatic heterocycles. The highest BCUT2D eigenvalue weighted by Gasteiger charge is 2.43. The molecule has 1 aromatic rings. The maximum Gasteiger partial charge on any atom is 0.226 e. The molecule has 1 aliphatic carbocycles. The van der Waals surface area contributed by atoms with Gasteiger partial charge in [-0.15, -0.1) is 0 Å². The molecular formula is C12H20N4O2S. The first-order chi connectivity index (χ1) is 9.09. The van der Waals surface area contributed by atoms with Gasteiger partial charge in [-0.1, -0.05) is 6.42 Å². The second-order valence-corrected chi connectivity index (χ2v) is 5.45. The zero-order chi connectivity index (χ0) is 13.9. The molecular weight excluding hydrogens is 264 g/mol. The summed E-state index contributed by atoms with van der Waals surface area (Å²) in [5, 5.41) is 9.75. The number of hydrogen-bond donors (Lipinski definition) is 2. The minimum absolute atomic E-state index is 0.102. The fourth-order valence-electron chi connectivity index (χ4n) is 2.38. The summed E-state index contributed by atoms with van der Waals surface area (Å²) in [6.07, 6.45) is 3.79. The lowest BCUT2D eigenvalue weighted by molar-refractivity contribution is -0.137. The van der Waals surface area contributed by atoms with E-state index in [4.69, 9.17) is 17.0 Å². The van der Waals surface area contributed by atoms with Gasteiger partial charge in [0.2, 0.25) is 5.91 Å². The van der Waals surface area contributed by atoms with Crippen LogP contribution in [0.3, 0.4) is 0 Å². The van der Waals surface area contributed by atoms with Gasteiger partial charge in [0, 0.05) is 20.8 Å². The fourth-order valence-corrected chi connectivity index (χ4v) is 2.53. The van der Waals surface area contributed by atoms with Crippen LogP contribution in [0.25, 0.3) is 0 Å². The van der Waals surface area contributed by atoms with Gasteiger partial charge in [0.15, 0.2) is 10.6 Å². The Bertz CT molecular complexity index is 504. The standard InChI is InChI=1S/C12H20N4O2S/c1-16-9(14-15-11(16)19)8-13-10(17)12(4-3-5-12)6-7-18-2/h3-8H2,1-2H3,(H,13,17)(H,15,19). The Hall–Kier alpha value is -1.21. The van der Waals surface area contributed by atoms with Gasteiger partial charge >= 0.3 is 0 Å². The number of carbonyl (C=O) groups is 1. The highest BCUT2D eigenvalue weighted by molar-refractivity contribution is 7.71. The molecule has 0 unspecified atom stereocenters. The van der Waals surface area contributed by atoms with Gasteiger partial charge in [-0.3, -0.25) is 9.89 Å². The first-order valence-corrected chi connectivity index (χ1v) is 6.87. The zero-order valence-corrected chi connectivity index (χ0v) is 12.2. The largest absolute Gasteiger partial charge is 0.385 e. The topological polar surface area (TPSA) is 71.9 Å². The molecule has 19 heavy (non-hydrogen) atoms. The number of nitrogens with one attached hydrogen (secondary N) is 2. The van der Waals surface area contributed by atoms with Crippen molar-refractivity contribution in [3.05, 3.63) is 10.6 Å². The van der Waals surface area contributed by atoms with E-state index in [0.717, 1.165) is 31.5 Å². The maximum atomic E-state index is 12.3. The molecule has 6 nitrogen and oxygen atoms in total. The maximum absolute atomic E-state index is 12.3. The first kappa shape index (κ1) is 14.2. The number of methoxy groups -OCH3 is 1. The van der Waals surface area contributed by atoms with E-state index in [0.29, 0.717) is 17.9 Å². The SMILES string of the molecule is COCCC1(C(=O)NCc2n[nH]c(=S)n2C)CCC1. The molecule has 0 spiro atoms. The van der Waals surface area contributed by atoms with Crippen molar-refractivity contribution >= 4 is 18.1 Å². The number of aromatic nitrogens is 3. The second kappa shape index (κ2) is 5.83. The quantitative estimate of drug-likeness (QED) is 0.772. The minimum Gasteiger partial charge on any atom is -0.385 e. The third-order valence-electron chi connectivity index (χ3n) is 3.96. The molecule has 0 radical (unpaired) electrons. The van der Waals surface area contributed by atoms with E-state index >= 15 is 0 Å². The lowest BCUT2D eigenvalue weighted by Crippen LogP contribution is -2.46. The number of aromatic amines is 1. The van der Waals surface area contributed by atoms with Gasteiger partial charge in [-0.2, -0.15) is 5.10 Å². The Morgan fingerprint density at radius 2 is 2.37 bits per heavy atom. The average molecular weight is 284 g/mol. The van der Waals surface area contributed by atoms with Crippen molar-refractivity contribution in [2.24, 2.45) is 12.5 Å². The van der Waals surface area contributed by atoms with Crippen LogP contribution >= 0.6 is 12.2 Å². The van der Waals surface area contributed by atoms with Crippen LogP contribution in [0.4, 0.5) is 0 Å². The summed E-state index contributed by atoms with van der Waals surface area (Å²) in [5.74, 6) is 0.837. The molecule has 1 fully saturated rings. The number of rotatable bonds is 6. The fraction of sp³-hybridized carbons (Fsp3) is 0.750. The Kier molecular flexibility index (Phi) is 4.36. The Morgan fingerprint density at radius 1 is 1.63 bits per heavy atom. The molecule has 1 saturated carbocycles. The summed E-state index contributed by atoms with van der Waals surface area (Å²) in [4.78, 5) is 12.3. The molecule has 1 heterocycles. The van der Waals surface area contributed by atoms with Crippen LogP contribution in [-0.4, -0.2) is 34.4 Å². The van der Waals surface area contributed by atoms with Crippen LogP contribution in [0.5, 0.6) is 0 Å². The monoisotopic (exact) mass is 284 g/mol. The van der Waals surface area contributed by atoms with E-state index in [1.165, 1.54) is 0 Å². The van der Waals surface area contributed by atoms with Gasteiger partial charge in [0.1, 0.15) is 0 Å². The lowest BCUT2D eigenvalue weighted by Gasteiger charge is -2.40. The molecule has 0 saturated heterocycles. The van der Waals surface area contributed by atoms with E-state index in [1.807, 2.05) is 7.05 Å². The molecule has 0 aromatic carbocycles. The third-order valence-corrected chi connectivity index (χ3v) is 4.32. The van der Waals surface area contributed by atoms with E-state index in [-0.39, 0.29) is 11.3 Å². The van der Waals surface area contributed by atoms with Crippen molar-refractivity contribution in [3.63, 3.8) is 0 Å². The van der Waals surface area contributed by atoms with Crippen molar-refractivity contribution < 1.29 is 9.53 Å². The van der Waals surface area contributed by atoms with Crippen molar-refractivity contribution in [3.8, 4) is 0 Å². The van der Waals surface area contributed by atoms with Crippen LogP contribution in [-0.2, 0) is 23.1 Å². The molecule has 1 aromatic heterocycles. The molecule has 2 rings (SSSR count). The summed E-state index contributed by atoms with van der Waals surface area (Å²) < 4.78 is 7.41. The van der Waals surface area contributed by atoms with Crippen LogP contribution in [0, 0.1) is 10.2 Å². The number of carbonyl (C=O) groups excluding carboxylic acids is 1. The van der Waals surface area contributed by atoms with Gasteiger partial charge in [0.05, 0.1) is 12.0 Å². The predicted molar refractivity (Wildman–Crippen MR) is 73.0 cm³/mol. The summed E-state index contributed by atoms with van der Waals surface area (Å²) in [7, 11) is 3.50. The van der Waals surface area contributed by atoms with Crippen molar-refractivity contribution in [1.82, 2.24) is 20.1 Å². The van der Waals surface area contributed by atoms with Gasteiger partial charge in [-0.25, -0.2) is 0 Å². The number of hydrogen-bond acceptors (Lipinski definition) is 4. The van der Waals surface area contributed by atoms with Crippen LogP contribution in [0.2, 0.25) is 0 Å².